The lowest BCUT2D eigenvalue weighted by molar-refractivity contribution is -0.131. The quantitative estimate of drug-likeness (QED) is 0.409. The Kier molecular flexibility index (Phi) is 5.80. The van der Waals surface area contributed by atoms with Crippen LogP contribution in [0, 0.1) is 0 Å². The topological polar surface area (TPSA) is 49.8 Å². The first-order chi connectivity index (χ1) is 8.87. The van der Waals surface area contributed by atoms with Crippen molar-refractivity contribution in [1.29, 1.82) is 0 Å². The van der Waals surface area contributed by atoms with Gasteiger partial charge in [0.25, 0.3) is 0 Å². The second kappa shape index (κ2) is 6.90. The number of hydrogen-bond donors (Lipinski definition) is 1. The molecule has 2 atom stereocenters. The van der Waals surface area contributed by atoms with Crippen LogP contribution >= 0.6 is 0 Å². The molecule has 3 nitrogen and oxygen atoms in total. The van der Waals surface area contributed by atoms with Crippen molar-refractivity contribution < 1.29 is 14.6 Å². The summed E-state index contributed by atoms with van der Waals surface area (Å²) in [5.41, 5.74) is 2.42. The minimum absolute atomic E-state index is 0.126. The molecule has 0 amide bonds. The van der Waals surface area contributed by atoms with Gasteiger partial charge in [-0.2, -0.15) is 0 Å². The summed E-state index contributed by atoms with van der Waals surface area (Å²) in [6.45, 7) is 8.35. The summed E-state index contributed by atoms with van der Waals surface area (Å²) in [5.74, 6) is -0.858. The molecule has 1 N–H and O–H groups in total. The maximum Gasteiger partial charge on any atom is 0.328 e. The maximum atomic E-state index is 10.5. The third-order valence-electron chi connectivity index (χ3n) is 3.94. The van der Waals surface area contributed by atoms with Crippen LogP contribution in [0.3, 0.4) is 0 Å². The van der Waals surface area contributed by atoms with Crippen LogP contribution in [-0.4, -0.2) is 22.8 Å². The number of epoxide rings is 1. The predicted molar refractivity (Wildman–Crippen MR) is 77.2 cm³/mol. The van der Waals surface area contributed by atoms with E-state index >= 15 is 0 Å². The molecule has 0 aromatic rings. The number of carbonyl (C=O) groups is 1. The van der Waals surface area contributed by atoms with Gasteiger partial charge in [-0.3, -0.25) is 0 Å². The minimum atomic E-state index is -0.858. The molecular formula is C16H26O3. The number of carboxylic acids is 1. The van der Waals surface area contributed by atoms with Crippen LogP contribution in [0.4, 0.5) is 0 Å². The Morgan fingerprint density at radius 1 is 1.32 bits per heavy atom. The molecule has 1 fully saturated rings. The SMILES string of the molecule is CC[C@]1(C)OC1CC/C(C)=C/CC/C(C)=C/C(=O)O. The van der Waals surface area contributed by atoms with Gasteiger partial charge in [-0.15, -0.1) is 0 Å². The van der Waals surface area contributed by atoms with E-state index in [9.17, 15) is 4.79 Å². The van der Waals surface area contributed by atoms with Crippen LogP contribution < -0.4 is 0 Å². The third-order valence-corrected chi connectivity index (χ3v) is 3.94. The highest BCUT2D eigenvalue weighted by Crippen LogP contribution is 2.42. The smallest absolute Gasteiger partial charge is 0.328 e. The number of ether oxygens (including phenoxy) is 1. The van der Waals surface area contributed by atoms with Crippen molar-refractivity contribution in [1.82, 2.24) is 0 Å². The molecule has 1 unspecified atom stereocenters. The van der Waals surface area contributed by atoms with Gasteiger partial charge >= 0.3 is 5.97 Å². The Balaban J connectivity index is 2.21. The molecule has 0 aromatic carbocycles. The van der Waals surface area contributed by atoms with Crippen molar-refractivity contribution >= 4 is 5.97 Å². The van der Waals surface area contributed by atoms with Gasteiger partial charge in [-0.1, -0.05) is 24.1 Å². The van der Waals surface area contributed by atoms with E-state index in [-0.39, 0.29) is 5.60 Å². The van der Waals surface area contributed by atoms with Crippen molar-refractivity contribution in [2.45, 2.75) is 71.5 Å². The van der Waals surface area contributed by atoms with Crippen LogP contribution in [0.15, 0.2) is 23.3 Å². The normalized spacial score (nSPS) is 27.5. The highest BCUT2D eigenvalue weighted by atomic mass is 16.6. The fraction of sp³-hybridized carbons (Fsp3) is 0.688. The second-order valence-electron chi connectivity index (χ2n) is 5.73. The first-order valence-corrected chi connectivity index (χ1v) is 7.11. The molecule has 0 saturated carbocycles. The molecule has 0 spiro atoms. The van der Waals surface area contributed by atoms with Gasteiger partial charge in [-0.05, 0) is 52.9 Å². The zero-order valence-electron chi connectivity index (χ0n) is 12.5. The van der Waals surface area contributed by atoms with Crippen LogP contribution in [0.1, 0.15) is 59.8 Å². The average Bonchev–Trinajstić information content (AvgIpc) is 2.98. The highest BCUT2D eigenvalue weighted by molar-refractivity contribution is 5.80. The molecule has 108 valence electrons. The molecule has 0 radical (unpaired) electrons. The lowest BCUT2D eigenvalue weighted by Gasteiger charge is -2.03. The van der Waals surface area contributed by atoms with Gasteiger partial charge in [0.2, 0.25) is 0 Å². The highest BCUT2D eigenvalue weighted by Gasteiger charge is 2.49. The van der Waals surface area contributed by atoms with Crippen molar-refractivity contribution in [3.8, 4) is 0 Å². The van der Waals surface area contributed by atoms with Crippen molar-refractivity contribution in [2.75, 3.05) is 0 Å². The summed E-state index contributed by atoms with van der Waals surface area (Å²) >= 11 is 0. The molecule has 0 aliphatic carbocycles. The first kappa shape index (κ1) is 16.0. The van der Waals surface area contributed by atoms with Crippen LogP contribution in [0.25, 0.3) is 0 Å². The van der Waals surface area contributed by atoms with Crippen molar-refractivity contribution in [3.63, 3.8) is 0 Å². The fourth-order valence-electron chi connectivity index (χ4n) is 2.26. The van der Waals surface area contributed by atoms with E-state index in [0.717, 1.165) is 37.7 Å². The molecule has 19 heavy (non-hydrogen) atoms. The largest absolute Gasteiger partial charge is 0.478 e. The van der Waals surface area contributed by atoms with Crippen LogP contribution in [0.2, 0.25) is 0 Å². The van der Waals surface area contributed by atoms with E-state index in [1.807, 2.05) is 6.92 Å². The summed E-state index contributed by atoms with van der Waals surface area (Å²) in [5, 5.41) is 8.61. The molecule has 1 rings (SSSR count). The molecule has 1 aliphatic heterocycles. The van der Waals surface area contributed by atoms with Gasteiger partial charge in [0.05, 0.1) is 11.7 Å². The van der Waals surface area contributed by atoms with E-state index in [1.165, 1.54) is 11.6 Å². The van der Waals surface area contributed by atoms with Crippen molar-refractivity contribution in [2.24, 2.45) is 0 Å². The molecule has 0 bridgehead atoms. The van der Waals surface area contributed by atoms with Gasteiger partial charge in [0, 0.05) is 6.08 Å². The number of rotatable bonds is 8. The van der Waals surface area contributed by atoms with E-state index in [1.54, 1.807) is 0 Å². The summed E-state index contributed by atoms with van der Waals surface area (Å²) in [7, 11) is 0. The Morgan fingerprint density at radius 2 is 2.00 bits per heavy atom. The number of hydrogen-bond acceptors (Lipinski definition) is 2. The fourth-order valence-corrected chi connectivity index (χ4v) is 2.26. The lowest BCUT2D eigenvalue weighted by Crippen LogP contribution is -2.07. The minimum Gasteiger partial charge on any atom is -0.478 e. The number of carboxylic acid groups (broad SMARTS) is 1. The standard InChI is InChI=1S/C16H26O3/c1-5-16(4)14(19-16)10-9-12(2)7-6-8-13(3)11-15(17)18/h7,11,14H,5-6,8-10H2,1-4H3,(H,17,18)/b12-7+,13-11+/t14?,16-/m0/s1. The number of aliphatic carboxylic acids is 1. The monoisotopic (exact) mass is 266 g/mol. The zero-order valence-corrected chi connectivity index (χ0v) is 12.5. The first-order valence-electron chi connectivity index (χ1n) is 7.11. The molecule has 1 saturated heterocycles. The molecule has 1 aliphatic rings. The third kappa shape index (κ3) is 5.60. The van der Waals surface area contributed by atoms with Gasteiger partial charge in [0.15, 0.2) is 0 Å². The van der Waals surface area contributed by atoms with E-state index < -0.39 is 5.97 Å². The van der Waals surface area contributed by atoms with Crippen LogP contribution in [-0.2, 0) is 9.53 Å². The Hall–Kier alpha value is -1.09. The maximum absolute atomic E-state index is 10.5. The van der Waals surface area contributed by atoms with Gasteiger partial charge in [-0.25, -0.2) is 4.79 Å². The Labute approximate surface area is 116 Å². The number of allylic oxidation sites excluding steroid dienone is 3. The summed E-state index contributed by atoms with van der Waals surface area (Å²) in [6, 6.07) is 0. The zero-order chi connectivity index (χ0) is 14.5. The summed E-state index contributed by atoms with van der Waals surface area (Å²) in [6.07, 6.45) is 8.90. The average molecular weight is 266 g/mol. The van der Waals surface area contributed by atoms with Crippen molar-refractivity contribution in [3.05, 3.63) is 23.3 Å². The predicted octanol–water partition coefficient (Wildman–Crippen LogP) is 4.09. The van der Waals surface area contributed by atoms with E-state index in [0.29, 0.717) is 6.10 Å². The van der Waals surface area contributed by atoms with Gasteiger partial charge < -0.3 is 9.84 Å². The molecule has 0 aromatic heterocycles. The van der Waals surface area contributed by atoms with E-state index in [2.05, 4.69) is 26.8 Å². The molecule has 3 heteroatoms. The molecule has 1 heterocycles. The summed E-state index contributed by atoms with van der Waals surface area (Å²) < 4.78 is 5.69. The van der Waals surface area contributed by atoms with Crippen LogP contribution in [0.5, 0.6) is 0 Å². The Morgan fingerprint density at radius 3 is 2.53 bits per heavy atom. The summed E-state index contributed by atoms with van der Waals surface area (Å²) in [4.78, 5) is 10.5. The van der Waals surface area contributed by atoms with E-state index in [4.69, 9.17) is 9.84 Å². The van der Waals surface area contributed by atoms with Gasteiger partial charge in [0.1, 0.15) is 0 Å². The Bertz CT molecular complexity index is 381. The lowest BCUT2D eigenvalue weighted by atomic mass is 9.99. The molecular weight excluding hydrogens is 240 g/mol. The second-order valence-corrected chi connectivity index (χ2v) is 5.73.